The molecule has 4 aromatic carbocycles. The van der Waals surface area contributed by atoms with Gasteiger partial charge in [-0.05, 0) is 85.6 Å². The lowest BCUT2D eigenvalue weighted by Crippen LogP contribution is -2.32. The molecule has 9 nitrogen and oxygen atoms in total. The number of ether oxygens (including phenoxy) is 2. The first-order chi connectivity index (χ1) is 22.2. The number of carbonyl (C=O) groups is 4. The molecule has 0 saturated carbocycles. The highest BCUT2D eigenvalue weighted by atomic mass is 32.2. The fourth-order valence-electron chi connectivity index (χ4n) is 5.12. The Balaban J connectivity index is 1.33. The maximum atomic E-state index is 13.5. The molecule has 0 aromatic heterocycles. The van der Waals surface area contributed by atoms with Gasteiger partial charge in [-0.25, -0.2) is 4.90 Å². The summed E-state index contributed by atoms with van der Waals surface area (Å²) < 4.78 is 10.8. The third-order valence-corrected chi connectivity index (χ3v) is 8.62. The first-order valence-corrected chi connectivity index (χ1v) is 15.4. The van der Waals surface area contributed by atoms with Gasteiger partial charge >= 0.3 is 0 Å². The van der Waals surface area contributed by atoms with E-state index >= 15 is 0 Å². The van der Waals surface area contributed by atoms with Crippen molar-refractivity contribution in [3.8, 4) is 11.5 Å². The maximum Gasteiger partial charge on any atom is 0.272 e. The van der Waals surface area contributed by atoms with Gasteiger partial charge in [0.05, 0.1) is 25.2 Å². The van der Waals surface area contributed by atoms with Crippen molar-refractivity contribution in [1.82, 2.24) is 5.32 Å². The van der Waals surface area contributed by atoms with Crippen LogP contribution in [0.1, 0.15) is 33.5 Å². The zero-order valence-corrected chi connectivity index (χ0v) is 26.6. The van der Waals surface area contributed by atoms with Crippen molar-refractivity contribution in [3.05, 3.63) is 119 Å². The largest absolute Gasteiger partial charge is 0.497 e. The van der Waals surface area contributed by atoms with Crippen molar-refractivity contribution in [2.45, 2.75) is 30.4 Å². The van der Waals surface area contributed by atoms with Crippen LogP contribution in [0.2, 0.25) is 0 Å². The van der Waals surface area contributed by atoms with Gasteiger partial charge in [0.1, 0.15) is 17.2 Å². The van der Waals surface area contributed by atoms with Crippen molar-refractivity contribution in [2.75, 3.05) is 24.4 Å². The van der Waals surface area contributed by atoms with E-state index in [1.807, 2.05) is 32.0 Å². The molecule has 4 aromatic rings. The zero-order chi connectivity index (χ0) is 32.8. The number of nitrogens with one attached hydrogen (secondary N) is 2. The van der Waals surface area contributed by atoms with E-state index in [1.54, 1.807) is 72.8 Å². The average Bonchev–Trinajstić information content (AvgIpc) is 3.33. The Kier molecular flexibility index (Phi) is 9.88. The first kappa shape index (κ1) is 32.1. The Morgan fingerprint density at radius 1 is 0.870 bits per heavy atom. The van der Waals surface area contributed by atoms with E-state index in [0.717, 1.165) is 16.0 Å². The van der Waals surface area contributed by atoms with Gasteiger partial charge in [0.2, 0.25) is 11.8 Å². The van der Waals surface area contributed by atoms with E-state index in [0.29, 0.717) is 34.0 Å². The highest BCUT2D eigenvalue weighted by Crippen LogP contribution is 2.37. The smallest absolute Gasteiger partial charge is 0.272 e. The number of nitrogens with zero attached hydrogens (tertiary/aromatic N) is 1. The zero-order valence-electron chi connectivity index (χ0n) is 25.8. The molecular weight excluding hydrogens is 602 g/mol. The molecule has 46 heavy (non-hydrogen) atoms. The number of benzene rings is 4. The standard InChI is InChI=1S/C36H33N3O6S/c1-22-9-8-10-23(2)33(22)39-32(40)21-31(36(39)43)46-28-16-13-26(14-17-28)37-35(42)29(38-34(41)24-11-6-5-7-12-24)20-25-19-27(44-3)15-18-30(25)45-4/h5-20,31H,21H2,1-4H3,(H,37,42)(H,38,41)/b29-20-. The second kappa shape index (κ2) is 14.2. The molecule has 1 heterocycles. The topological polar surface area (TPSA) is 114 Å². The number of hydrogen-bond acceptors (Lipinski definition) is 7. The minimum atomic E-state index is -0.562. The van der Waals surface area contributed by atoms with Crippen LogP contribution in [-0.4, -0.2) is 43.1 Å². The van der Waals surface area contributed by atoms with Crippen LogP contribution in [0.15, 0.2) is 102 Å². The number of carbonyl (C=O) groups excluding carboxylic acids is 4. The molecular formula is C36H33N3O6S. The van der Waals surface area contributed by atoms with E-state index in [2.05, 4.69) is 10.6 Å². The summed E-state index contributed by atoms with van der Waals surface area (Å²) >= 11 is 1.30. The van der Waals surface area contributed by atoms with Crippen molar-refractivity contribution >= 4 is 52.8 Å². The minimum Gasteiger partial charge on any atom is -0.497 e. The second-order valence-electron chi connectivity index (χ2n) is 10.6. The van der Waals surface area contributed by atoms with E-state index in [4.69, 9.17) is 9.47 Å². The average molecular weight is 636 g/mol. The Hall–Kier alpha value is -5.35. The number of hydrogen-bond donors (Lipinski definition) is 2. The molecule has 1 fully saturated rings. The molecule has 1 aliphatic rings. The summed E-state index contributed by atoms with van der Waals surface area (Å²) in [5.41, 5.74) is 3.75. The molecule has 0 aliphatic carbocycles. The van der Waals surface area contributed by atoms with Crippen LogP contribution in [0.5, 0.6) is 11.5 Å². The lowest BCUT2D eigenvalue weighted by molar-refractivity contribution is -0.121. The van der Waals surface area contributed by atoms with Gasteiger partial charge in [0.15, 0.2) is 0 Å². The number of anilines is 2. The number of imide groups is 1. The fourth-order valence-corrected chi connectivity index (χ4v) is 6.17. The van der Waals surface area contributed by atoms with Crippen LogP contribution < -0.4 is 25.0 Å². The molecule has 234 valence electrons. The molecule has 0 bridgehead atoms. The van der Waals surface area contributed by atoms with Gasteiger partial charge in [-0.3, -0.25) is 19.2 Å². The SMILES string of the molecule is COc1ccc(OC)c(/C=C(\NC(=O)c2ccccc2)C(=O)Nc2ccc(SC3CC(=O)N(c4c(C)cccc4C)C3=O)cc2)c1. The lowest BCUT2D eigenvalue weighted by Gasteiger charge is -2.19. The van der Waals surface area contributed by atoms with Crippen LogP contribution >= 0.6 is 11.8 Å². The van der Waals surface area contributed by atoms with Crippen LogP contribution in [0.4, 0.5) is 11.4 Å². The van der Waals surface area contributed by atoms with Crippen LogP contribution in [0, 0.1) is 13.8 Å². The van der Waals surface area contributed by atoms with Gasteiger partial charge in [0.25, 0.3) is 11.8 Å². The van der Waals surface area contributed by atoms with Gasteiger partial charge in [-0.2, -0.15) is 0 Å². The monoisotopic (exact) mass is 635 g/mol. The molecule has 1 saturated heterocycles. The molecule has 1 unspecified atom stereocenters. The Morgan fingerprint density at radius 3 is 2.22 bits per heavy atom. The van der Waals surface area contributed by atoms with Crippen LogP contribution in [0.25, 0.3) is 6.08 Å². The Labute approximate surface area is 271 Å². The number of rotatable bonds is 10. The summed E-state index contributed by atoms with van der Waals surface area (Å²) in [6.45, 7) is 3.77. The van der Waals surface area contributed by atoms with E-state index < -0.39 is 17.1 Å². The second-order valence-corrected chi connectivity index (χ2v) is 11.9. The third kappa shape index (κ3) is 7.13. The quantitative estimate of drug-likeness (QED) is 0.159. The van der Waals surface area contributed by atoms with Crippen molar-refractivity contribution in [3.63, 3.8) is 0 Å². The molecule has 2 N–H and O–H groups in total. The van der Waals surface area contributed by atoms with E-state index in [9.17, 15) is 19.2 Å². The normalized spacial score (nSPS) is 14.7. The highest BCUT2D eigenvalue weighted by Gasteiger charge is 2.41. The predicted molar refractivity (Wildman–Crippen MR) is 179 cm³/mol. The molecule has 4 amide bonds. The van der Waals surface area contributed by atoms with Gasteiger partial charge in [-0.15, -0.1) is 11.8 Å². The van der Waals surface area contributed by atoms with Gasteiger partial charge < -0.3 is 20.1 Å². The van der Waals surface area contributed by atoms with E-state index in [-0.39, 0.29) is 23.9 Å². The van der Waals surface area contributed by atoms with Crippen LogP contribution in [0.3, 0.4) is 0 Å². The Morgan fingerprint density at radius 2 is 1.57 bits per heavy atom. The Bertz CT molecular complexity index is 1800. The van der Waals surface area contributed by atoms with Crippen LogP contribution in [-0.2, 0) is 14.4 Å². The minimum absolute atomic E-state index is 0.0134. The summed E-state index contributed by atoms with van der Waals surface area (Å²) in [5, 5.41) is 4.99. The molecule has 0 radical (unpaired) electrons. The summed E-state index contributed by atoms with van der Waals surface area (Å²) in [6, 6.07) is 26.3. The predicted octanol–water partition coefficient (Wildman–Crippen LogP) is 6.15. The van der Waals surface area contributed by atoms with Crippen molar-refractivity contribution in [2.24, 2.45) is 0 Å². The summed E-state index contributed by atoms with van der Waals surface area (Å²) in [4.78, 5) is 54.9. The number of aryl methyl sites for hydroxylation is 2. The number of methoxy groups -OCH3 is 2. The highest BCUT2D eigenvalue weighted by molar-refractivity contribution is 8.00. The number of para-hydroxylation sites is 1. The molecule has 1 aliphatic heterocycles. The van der Waals surface area contributed by atoms with Gasteiger partial charge in [-0.1, -0.05) is 36.4 Å². The number of amides is 4. The summed E-state index contributed by atoms with van der Waals surface area (Å²) in [7, 11) is 3.04. The maximum absolute atomic E-state index is 13.5. The molecule has 10 heteroatoms. The fraction of sp³-hybridized carbons (Fsp3) is 0.167. The summed E-state index contributed by atoms with van der Waals surface area (Å²) in [6.07, 6.45) is 1.62. The summed E-state index contributed by atoms with van der Waals surface area (Å²) in [5.74, 6) is -0.460. The van der Waals surface area contributed by atoms with E-state index in [1.165, 1.54) is 37.0 Å². The molecule has 1 atom stereocenters. The van der Waals surface area contributed by atoms with Crippen molar-refractivity contribution < 1.29 is 28.7 Å². The van der Waals surface area contributed by atoms with Crippen molar-refractivity contribution in [1.29, 1.82) is 0 Å². The number of thioether (sulfide) groups is 1. The van der Waals surface area contributed by atoms with Gasteiger partial charge in [0, 0.05) is 28.1 Å². The molecule has 5 rings (SSSR count). The molecule has 0 spiro atoms. The third-order valence-electron chi connectivity index (χ3n) is 7.42. The lowest BCUT2D eigenvalue weighted by atomic mass is 10.1. The first-order valence-electron chi connectivity index (χ1n) is 14.5.